The normalized spacial score (nSPS) is 17.7. The van der Waals surface area contributed by atoms with Crippen LogP contribution in [0.2, 0.25) is 5.02 Å². The molecule has 0 saturated heterocycles. The van der Waals surface area contributed by atoms with Gasteiger partial charge in [-0.15, -0.1) is 0 Å². The number of esters is 1. The van der Waals surface area contributed by atoms with Gasteiger partial charge in [0.15, 0.2) is 11.5 Å². The van der Waals surface area contributed by atoms with Crippen molar-refractivity contribution in [2.45, 2.75) is 52.7 Å². The molecule has 2 N–H and O–H groups in total. The van der Waals surface area contributed by atoms with Crippen LogP contribution in [-0.2, 0) is 19.1 Å². The van der Waals surface area contributed by atoms with E-state index < -0.39 is 18.2 Å². The molecule has 0 unspecified atom stereocenters. The second-order valence-corrected chi connectivity index (χ2v) is 10.5. The maximum Gasteiger partial charge on any atom is 0.308 e. The summed E-state index contributed by atoms with van der Waals surface area (Å²) in [5, 5.41) is 0.494. The number of rotatable bonds is 10. The fraction of sp³-hybridized carbons (Fsp3) is 0.500. The Labute approximate surface area is 224 Å². The molecule has 8 nitrogen and oxygen atoms in total. The summed E-state index contributed by atoms with van der Waals surface area (Å²) in [6, 6.07) is 10.9. The molecule has 37 heavy (non-hydrogen) atoms. The minimum absolute atomic E-state index is 0.209. The molecule has 3 rings (SSSR count). The number of anilines is 1. The first kappa shape index (κ1) is 28.8. The number of hydrogen-bond donors (Lipinski definition) is 1. The number of hydrogen-bond acceptors (Lipinski definition) is 7. The van der Waals surface area contributed by atoms with Crippen LogP contribution in [0.25, 0.3) is 0 Å². The number of carbonyl (C=O) groups excluding carboxylic acids is 2. The summed E-state index contributed by atoms with van der Waals surface area (Å²) >= 11 is 6.45. The van der Waals surface area contributed by atoms with Crippen molar-refractivity contribution in [3.8, 4) is 11.5 Å². The summed E-state index contributed by atoms with van der Waals surface area (Å²) in [7, 11) is 1.55. The number of nitrogens with two attached hydrogens (primary N) is 1. The minimum atomic E-state index is -1.08. The molecule has 2 aromatic rings. The molecule has 0 bridgehead atoms. The summed E-state index contributed by atoms with van der Waals surface area (Å²) in [6.07, 6.45) is -1.39. The average molecular weight is 533 g/mol. The van der Waals surface area contributed by atoms with Gasteiger partial charge in [0, 0.05) is 28.4 Å². The fourth-order valence-electron chi connectivity index (χ4n) is 4.29. The lowest BCUT2D eigenvalue weighted by Crippen LogP contribution is -2.44. The second-order valence-electron chi connectivity index (χ2n) is 10.1. The van der Waals surface area contributed by atoms with E-state index in [4.69, 9.17) is 36.3 Å². The van der Waals surface area contributed by atoms with E-state index in [2.05, 4.69) is 0 Å². The number of benzene rings is 2. The molecule has 1 amide bonds. The molecule has 0 spiro atoms. The monoisotopic (exact) mass is 532 g/mol. The maximum absolute atomic E-state index is 13.9. The van der Waals surface area contributed by atoms with Crippen LogP contribution >= 0.6 is 11.6 Å². The van der Waals surface area contributed by atoms with Crippen molar-refractivity contribution >= 4 is 29.2 Å². The lowest BCUT2D eigenvalue weighted by Gasteiger charge is -2.31. The SMILES string of the molecule is CCOC(=O)C[C@@H]1O[C@@H](c2cccc(OCCCN)c2OC)c2cc(Cl)ccc2N(CC(C)(C)C)C1=O. The van der Waals surface area contributed by atoms with Crippen LogP contribution in [-0.4, -0.2) is 51.4 Å². The molecule has 2 atom stereocenters. The first-order valence-corrected chi connectivity index (χ1v) is 12.9. The summed E-state index contributed by atoms with van der Waals surface area (Å²) in [5.41, 5.74) is 7.40. The molecule has 1 aliphatic heterocycles. The second kappa shape index (κ2) is 12.6. The highest BCUT2D eigenvalue weighted by atomic mass is 35.5. The van der Waals surface area contributed by atoms with Gasteiger partial charge >= 0.3 is 5.97 Å². The van der Waals surface area contributed by atoms with Crippen molar-refractivity contribution in [2.24, 2.45) is 11.1 Å². The van der Waals surface area contributed by atoms with Gasteiger partial charge in [0.05, 0.1) is 26.7 Å². The van der Waals surface area contributed by atoms with Crippen molar-refractivity contribution < 1.29 is 28.5 Å². The first-order chi connectivity index (χ1) is 17.6. The van der Waals surface area contributed by atoms with Gasteiger partial charge in [-0.1, -0.05) is 44.5 Å². The minimum Gasteiger partial charge on any atom is -0.492 e. The van der Waals surface area contributed by atoms with Gasteiger partial charge in [-0.2, -0.15) is 0 Å². The van der Waals surface area contributed by atoms with E-state index in [0.717, 1.165) is 0 Å². The number of halogens is 1. The molecular weight excluding hydrogens is 496 g/mol. The molecule has 1 heterocycles. The van der Waals surface area contributed by atoms with E-state index >= 15 is 0 Å². The standard InChI is InChI=1S/C28H37ClN2O6/c1-6-35-24(32)16-23-27(33)31(17-28(2,3)4)21-12-11-18(29)15-20(21)25(37-23)19-9-7-10-22(26(19)34-5)36-14-8-13-30/h7,9-12,15,23,25H,6,8,13-14,16-17,30H2,1-5H3/t23-,25-/m0/s1. The number of methoxy groups -OCH3 is 1. The van der Waals surface area contributed by atoms with Crippen molar-refractivity contribution in [1.29, 1.82) is 0 Å². The van der Waals surface area contributed by atoms with E-state index in [1.807, 2.05) is 45.0 Å². The molecule has 202 valence electrons. The highest BCUT2D eigenvalue weighted by molar-refractivity contribution is 6.30. The Bertz CT molecular complexity index is 1100. The first-order valence-electron chi connectivity index (χ1n) is 12.5. The molecule has 0 radical (unpaired) electrons. The molecule has 0 aromatic heterocycles. The molecule has 2 aromatic carbocycles. The molecular formula is C28H37ClN2O6. The maximum atomic E-state index is 13.9. The van der Waals surface area contributed by atoms with Crippen LogP contribution in [0.5, 0.6) is 11.5 Å². The van der Waals surface area contributed by atoms with E-state index in [-0.39, 0.29) is 24.3 Å². The van der Waals surface area contributed by atoms with E-state index in [1.54, 1.807) is 31.1 Å². The predicted molar refractivity (Wildman–Crippen MR) is 143 cm³/mol. The average Bonchev–Trinajstić information content (AvgIpc) is 2.93. The Morgan fingerprint density at radius 1 is 1.19 bits per heavy atom. The third kappa shape index (κ3) is 7.15. The van der Waals surface area contributed by atoms with Gasteiger partial charge in [-0.25, -0.2) is 0 Å². The van der Waals surface area contributed by atoms with Gasteiger partial charge in [-0.05, 0) is 49.6 Å². The Morgan fingerprint density at radius 2 is 1.95 bits per heavy atom. The Kier molecular flexibility index (Phi) is 9.81. The predicted octanol–water partition coefficient (Wildman–Crippen LogP) is 4.90. The molecule has 0 aliphatic carbocycles. The van der Waals surface area contributed by atoms with Crippen molar-refractivity contribution in [1.82, 2.24) is 0 Å². The number of para-hydroxylation sites is 1. The zero-order valence-corrected chi connectivity index (χ0v) is 23.0. The fourth-order valence-corrected chi connectivity index (χ4v) is 4.47. The topological polar surface area (TPSA) is 100 Å². The number of amides is 1. The van der Waals surface area contributed by atoms with E-state index in [0.29, 0.717) is 59.5 Å². The Morgan fingerprint density at radius 3 is 2.59 bits per heavy atom. The van der Waals surface area contributed by atoms with Gasteiger partial charge in [-0.3, -0.25) is 9.59 Å². The number of fused-ring (bicyclic) bond motifs is 1. The number of nitrogens with zero attached hydrogens (tertiary/aromatic N) is 1. The van der Waals surface area contributed by atoms with Crippen LogP contribution in [0.15, 0.2) is 36.4 Å². The zero-order chi connectivity index (χ0) is 27.2. The third-order valence-electron chi connectivity index (χ3n) is 5.80. The van der Waals surface area contributed by atoms with E-state index in [1.165, 1.54) is 0 Å². The lowest BCUT2D eigenvalue weighted by molar-refractivity contribution is -0.151. The molecule has 0 fully saturated rings. The molecule has 0 saturated carbocycles. The van der Waals surface area contributed by atoms with E-state index in [9.17, 15) is 9.59 Å². The Hall–Kier alpha value is -2.81. The van der Waals surface area contributed by atoms with Crippen LogP contribution in [0.3, 0.4) is 0 Å². The van der Waals surface area contributed by atoms with Crippen molar-refractivity contribution in [2.75, 3.05) is 38.3 Å². The lowest BCUT2D eigenvalue weighted by atomic mass is 9.94. The Balaban J connectivity index is 2.19. The van der Waals surface area contributed by atoms with Gasteiger partial charge < -0.3 is 29.6 Å². The third-order valence-corrected chi connectivity index (χ3v) is 6.03. The number of carbonyl (C=O) groups is 2. The van der Waals surface area contributed by atoms with Crippen LogP contribution < -0.4 is 20.1 Å². The zero-order valence-electron chi connectivity index (χ0n) is 22.2. The highest BCUT2D eigenvalue weighted by Crippen LogP contribution is 2.45. The summed E-state index contributed by atoms with van der Waals surface area (Å²) < 4.78 is 23.3. The van der Waals surface area contributed by atoms with Crippen molar-refractivity contribution in [3.63, 3.8) is 0 Å². The number of ether oxygens (including phenoxy) is 4. The summed E-state index contributed by atoms with van der Waals surface area (Å²) in [5.74, 6) is 0.181. The molecule has 1 aliphatic rings. The smallest absolute Gasteiger partial charge is 0.308 e. The largest absolute Gasteiger partial charge is 0.492 e. The van der Waals surface area contributed by atoms with Crippen LogP contribution in [0, 0.1) is 5.41 Å². The van der Waals surface area contributed by atoms with Gasteiger partial charge in [0.25, 0.3) is 5.91 Å². The summed E-state index contributed by atoms with van der Waals surface area (Å²) in [4.78, 5) is 28.1. The van der Waals surface area contributed by atoms with Gasteiger partial charge in [0.1, 0.15) is 12.2 Å². The summed E-state index contributed by atoms with van der Waals surface area (Å²) in [6.45, 7) is 9.41. The van der Waals surface area contributed by atoms with Crippen LogP contribution in [0.4, 0.5) is 5.69 Å². The highest BCUT2D eigenvalue weighted by Gasteiger charge is 2.40. The molecule has 9 heteroatoms. The van der Waals surface area contributed by atoms with Crippen molar-refractivity contribution in [3.05, 3.63) is 52.5 Å². The quantitative estimate of drug-likeness (QED) is 0.343. The van der Waals surface area contributed by atoms with Crippen LogP contribution in [0.1, 0.15) is 57.8 Å². The van der Waals surface area contributed by atoms with Gasteiger partial charge in [0.2, 0.25) is 0 Å².